The van der Waals surface area contributed by atoms with E-state index in [-0.39, 0.29) is 24.7 Å². The number of aromatic nitrogens is 1. The predicted molar refractivity (Wildman–Crippen MR) is 94.7 cm³/mol. The van der Waals surface area contributed by atoms with E-state index in [0.717, 1.165) is 25.7 Å². The van der Waals surface area contributed by atoms with E-state index >= 15 is 0 Å². The number of aryl methyl sites for hydroxylation is 2. The Labute approximate surface area is 147 Å². The molecular formula is C18H26N4O3. The molecule has 0 atom stereocenters. The molecule has 25 heavy (non-hydrogen) atoms. The van der Waals surface area contributed by atoms with Gasteiger partial charge in [0.2, 0.25) is 0 Å². The minimum Gasteiger partial charge on any atom is -0.480 e. The number of urea groups is 1. The molecule has 136 valence electrons. The summed E-state index contributed by atoms with van der Waals surface area (Å²) in [4.78, 5) is 29.2. The minimum atomic E-state index is -0.811. The molecule has 0 saturated heterocycles. The van der Waals surface area contributed by atoms with Gasteiger partial charge < -0.3 is 10.4 Å². The molecule has 7 heteroatoms. The molecule has 0 radical (unpaired) electrons. The van der Waals surface area contributed by atoms with Crippen LogP contribution in [0.2, 0.25) is 0 Å². The Morgan fingerprint density at radius 1 is 1.28 bits per heavy atom. The Kier molecular flexibility index (Phi) is 5.53. The smallest absolute Gasteiger partial charge is 0.320 e. The second kappa shape index (κ2) is 7.82. The molecule has 2 aliphatic carbocycles. The Morgan fingerprint density at radius 2 is 2.00 bits per heavy atom. The fraction of sp³-hybridized carbons (Fsp3) is 0.611. The summed E-state index contributed by atoms with van der Waals surface area (Å²) >= 11 is 0. The first kappa shape index (κ1) is 17.7. The van der Waals surface area contributed by atoms with Gasteiger partial charge in [-0.1, -0.05) is 6.92 Å². The molecule has 0 aliphatic heterocycles. The van der Waals surface area contributed by atoms with Crippen molar-refractivity contribution in [1.29, 1.82) is 0 Å². The zero-order valence-corrected chi connectivity index (χ0v) is 14.6. The molecule has 0 spiro atoms. The lowest BCUT2D eigenvalue weighted by molar-refractivity contribution is -0.139. The topological polar surface area (TPSA) is 94.6 Å². The van der Waals surface area contributed by atoms with Crippen LogP contribution in [0.25, 0.3) is 0 Å². The van der Waals surface area contributed by atoms with Crippen LogP contribution in [-0.2, 0) is 17.6 Å². The molecule has 0 bridgehead atoms. The van der Waals surface area contributed by atoms with Crippen LogP contribution in [-0.4, -0.2) is 52.2 Å². The lowest BCUT2D eigenvalue weighted by Crippen LogP contribution is -2.55. The number of rotatable bonds is 6. The van der Waals surface area contributed by atoms with Gasteiger partial charge in [0.1, 0.15) is 5.82 Å². The summed E-state index contributed by atoms with van der Waals surface area (Å²) in [6.45, 7) is 2.71. The molecule has 1 saturated carbocycles. The lowest BCUT2D eigenvalue weighted by atomic mass is 9.85. The maximum Gasteiger partial charge on any atom is 0.320 e. The van der Waals surface area contributed by atoms with Crippen molar-refractivity contribution in [3.05, 3.63) is 23.4 Å². The molecule has 0 unspecified atom stereocenters. The maximum absolute atomic E-state index is 12.1. The summed E-state index contributed by atoms with van der Waals surface area (Å²) in [5.74, 6) is -0.218. The van der Waals surface area contributed by atoms with Crippen LogP contribution in [0.15, 0.2) is 12.3 Å². The van der Waals surface area contributed by atoms with Crippen LogP contribution >= 0.6 is 0 Å². The molecule has 3 rings (SSSR count). The SMILES string of the molecule is CCN(CC(=O)O)C1CC(NC(=O)Nc2cc3c(cn2)CCCC3)C1. The van der Waals surface area contributed by atoms with Gasteiger partial charge in [-0.05, 0) is 62.3 Å². The highest BCUT2D eigenvalue weighted by Gasteiger charge is 2.34. The summed E-state index contributed by atoms with van der Waals surface area (Å²) in [6.07, 6.45) is 7.96. The van der Waals surface area contributed by atoms with Gasteiger partial charge in [0.15, 0.2) is 0 Å². The van der Waals surface area contributed by atoms with Crippen molar-refractivity contribution in [2.24, 2.45) is 0 Å². The van der Waals surface area contributed by atoms with Crippen LogP contribution < -0.4 is 10.6 Å². The number of amides is 2. The van der Waals surface area contributed by atoms with Crippen molar-refractivity contribution in [2.75, 3.05) is 18.4 Å². The zero-order valence-electron chi connectivity index (χ0n) is 14.6. The fourth-order valence-corrected chi connectivity index (χ4v) is 3.70. The molecule has 1 fully saturated rings. The van der Waals surface area contributed by atoms with Crippen molar-refractivity contribution in [2.45, 2.75) is 57.5 Å². The first-order valence-corrected chi connectivity index (χ1v) is 9.06. The number of carbonyl (C=O) groups excluding carboxylic acids is 1. The highest BCUT2D eigenvalue weighted by Crippen LogP contribution is 2.26. The van der Waals surface area contributed by atoms with Gasteiger partial charge in [-0.15, -0.1) is 0 Å². The molecule has 1 heterocycles. The van der Waals surface area contributed by atoms with Crippen LogP contribution in [0.1, 0.15) is 43.7 Å². The van der Waals surface area contributed by atoms with Crippen molar-refractivity contribution < 1.29 is 14.7 Å². The van der Waals surface area contributed by atoms with Crippen molar-refractivity contribution in [1.82, 2.24) is 15.2 Å². The molecule has 7 nitrogen and oxygen atoms in total. The third kappa shape index (κ3) is 4.48. The molecule has 2 amide bonds. The molecular weight excluding hydrogens is 320 g/mol. The van der Waals surface area contributed by atoms with Crippen LogP contribution in [0.3, 0.4) is 0 Å². The number of carbonyl (C=O) groups is 2. The number of aliphatic carboxylic acids is 1. The number of carboxylic acid groups (broad SMARTS) is 1. The van der Waals surface area contributed by atoms with Crippen LogP contribution in [0, 0.1) is 0 Å². The monoisotopic (exact) mass is 346 g/mol. The molecule has 1 aromatic rings. The number of nitrogens with zero attached hydrogens (tertiary/aromatic N) is 2. The van der Waals surface area contributed by atoms with Gasteiger partial charge in [0.25, 0.3) is 0 Å². The van der Waals surface area contributed by atoms with E-state index in [9.17, 15) is 9.59 Å². The number of hydrogen-bond donors (Lipinski definition) is 3. The summed E-state index contributed by atoms with van der Waals surface area (Å²) in [6, 6.07) is 2.05. The van der Waals surface area contributed by atoms with E-state index < -0.39 is 5.97 Å². The van der Waals surface area contributed by atoms with Crippen molar-refractivity contribution in [3.8, 4) is 0 Å². The van der Waals surface area contributed by atoms with Crippen LogP contribution in [0.4, 0.5) is 10.6 Å². The van der Waals surface area contributed by atoms with Crippen LogP contribution in [0.5, 0.6) is 0 Å². The van der Waals surface area contributed by atoms with Crippen molar-refractivity contribution >= 4 is 17.8 Å². The van der Waals surface area contributed by atoms with Gasteiger partial charge in [-0.3, -0.25) is 15.0 Å². The number of anilines is 1. The minimum absolute atomic E-state index is 0.0547. The molecule has 3 N–H and O–H groups in total. The van der Waals surface area contributed by atoms with E-state index in [0.29, 0.717) is 12.4 Å². The lowest BCUT2D eigenvalue weighted by Gasteiger charge is -2.42. The van der Waals surface area contributed by atoms with E-state index in [1.165, 1.54) is 24.0 Å². The number of pyridine rings is 1. The third-order valence-electron chi connectivity index (χ3n) is 5.18. The predicted octanol–water partition coefficient (Wildman–Crippen LogP) is 2.02. The Balaban J connectivity index is 1.45. The highest BCUT2D eigenvalue weighted by molar-refractivity contribution is 5.88. The maximum atomic E-state index is 12.1. The van der Waals surface area contributed by atoms with E-state index in [4.69, 9.17) is 5.11 Å². The second-order valence-corrected chi connectivity index (χ2v) is 6.92. The summed E-state index contributed by atoms with van der Waals surface area (Å²) in [7, 11) is 0. The first-order valence-electron chi connectivity index (χ1n) is 9.06. The molecule has 0 aromatic carbocycles. The van der Waals surface area contributed by atoms with Gasteiger partial charge in [0, 0.05) is 18.3 Å². The number of fused-ring (bicyclic) bond motifs is 1. The molecule has 2 aliphatic rings. The Hall–Kier alpha value is -2.15. The van der Waals surface area contributed by atoms with E-state index in [2.05, 4.69) is 15.6 Å². The van der Waals surface area contributed by atoms with Crippen molar-refractivity contribution in [3.63, 3.8) is 0 Å². The number of nitrogens with one attached hydrogen (secondary N) is 2. The number of hydrogen-bond acceptors (Lipinski definition) is 4. The zero-order chi connectivity index (χ0) is 17.8. The normalized spacial score (nSPS) is 22.0. The Morgan fingerprint density at radius 3 is 2.68 bits per heavy atom. The third-order valence-corrected chi connectivity index (χ3v) is 5.18. The number of carboxylic acids is 1. The van der Waals surface area contributed by atoms with Gasteiger partial charge in [0.05, 0.1) is 6.54 Å². The number of likely N-dealkylation sites (N-methyl/N-ethyl adjacent to an activating group) is 1. The highest BCUT2D eigenvalue weighted by atomic mass is 16.4. The van der Waals surface area contributed by atoms with E-state index in [1.54, 1.807) is 0 Å². The quantitative estimate of drug-likeness (QED) is 0.732. The second-order valence-electron chi connectivity index (χ2n) is 6.92. The summed E-state index contributed by atoms with van der Waals surface area (Å²) in [5.41, 5.74) is 2.57. The Bertz CT molecular complexity index is 643. The summed E-state index contributed by atoms with van der Waals surface area (Å²) < 4.78 is 0. The first-order chi connectivity index (χ1) is 12.0. The average Bonchev–Trinajstić information content (AvgIpc) is 2.55. The van der Waals surface area contributed by atoms with Gasteiger partial charge in [-0.2, -0.15) is 0 Å². The van der Waals surface area contributed by atoms with E-state index in [1.807, 2.05) is 24.1 Å². The standard InChI is InChI=1S/C18H26N4O3/c1-2-22(11-17(23)24)15-8-14(9-15)20-18(25)21-16-7-12-5-3-4-6-13(12)10-19-16/h7,10,14-15H,2-6,8-9,11H2,1H3,(H,23,24)(H2,19,20,21,25). The average molecular weight is 346 g/mol. The largest absolute Gasteiger partial charge is 0.480 e. The van der Waals surface area contributed by atoms with Gasteiger partial charge in [-0.25, -0.2) is 9.78 Å². The summed E-state index contributed by atoms with van der Waals surface area (Å²) in [5, 5.41) is 14.7. The molecule has 1 aromatic heterocycles. The van der Waals surface area contributed by atoms with Gasteiger partial charge >= 0.3 is 12.0 Å². The fourth-order valence-electron chi connectivity index (χ4n) is 3.70.